The first-order valence-corrected chi connectivity index (χ1v) is 5.96. The molecule has 1 unspecified atom stereocenters. The van der Waals surface area contributed by atoms with Gasteiger partial charge in [-0.2, -0.15) is 0 Å². The van der Waals surface area contributed by atoms with Gasteiger partial charge in [-0.15, -0.1) is 0 Å². The van der Waals surface area contributed by atoms with Crippen LogP contribution >= 0.6 is 0 Å². The molecule has 0 radical (unpaired) electrons. The van der Waals surface area contributed by atoms with Gasteiger partial charge >= 0.3 is 0 Å². The van der Waals surface area contributed by atoms with Crippen molar-refractivity contribution < 1.29 is 9.53 Å². The zero-order chi connectivity index (χ0) is 10.5. The van der Waals surface area contributed by atoms with Gasteiger partial charge in [0.05, 0.1) is 0 Å². The predicted molar refractivity (Wildman–Crippen MR) is 57.6 cm³/mol. The maximum Gasteiger partial charge on any atom is 0.249 e. The minimum atomic E-state index is -0.179. The Bertz CT molecular complexity index is 209. The molecule has 2 fully saturated rings. The second kappa shape index (κ2) is 5.47. The lowest BCUT2D eigenvalue weighted by atomic mass is 10.00. The molecule has 2 saturated heterocycles. The molecular weight excluding hydrogens is 192 g/mol. The molecule has 2 N–H and O–H groups in total. The highest BCUT2D eigenvalue weighted by Crippen LogP contribution is 2.13. The highest BCUT2D eigenvalue weighted by atomic mass is 16.5. The van der Waals surface area contributed by atoms with E-state index in [1.54, 1.807) is 0 Å². The summed E-state index contributed by atoms with van der Waals surface area (Å²) in [6, 6.07) is 0. The van der Waals surface area contributed by atoms with E-state index in [2.05, 4.69) is 10.6 Å². The van der Waals surface area contributed by atoms with Crippen LogP contribution in [-0.4, -0.2) is 38.3 Å². The van der Waals surface area contributed by atoms with Crippen LogP contribution in [0.3, 0.4) is 0 Å². The molecule has 2 rings (SSSR count). The Morgan fingerprint density at radius 2 is 2.33 bits per heavy atom. The third-order valence-electron chi connectivity index (χ3n) is 3.19. The smallest absolute Gasteiger partial charge is 0.249 e. The van der Waals surface area contributed by atoms with Crippen LogP contribution in [0.15, 0.2) is 0 Å². The summed E-state index contributed by atoms with van der Waals surface area (Å²) in [4.78, 5) is 11.6. The molecule has 4 nitrogen and oxygen atoms in total. The fourth-order valence-electron chi connectivity index (χ4n) is 2.24. The number of hydrogen-bond acceptors (Lipinski definition) is 3. The Labute approximate surface area is 90.8 Å². The van der Waals surface area contributed by atoms with Gasteiger partial charge in [0.15, 0.2) is 0 Å². The van der Waals surface area contributed by atoms with E-state index < -0.39 is 0 Å². The van der Waals surface area contributed by atoms with Crippen molar-refractivity contribution in [3.63, 3.8) is 0 Å². The maximum absolute atomic E-state index is 11.6. The Balaban J connectivity index is 1.65. The van der Waals surface area contributed by atoms with Crippen LogP contribution in [0.2, 0.25) is 0 Å². The normalized spacial score (nSPS) is 31.5. The summed E-state index contributed by atoms with van der Waals surface area (Å²) in [6.07, 6.45) is 4.17. The first-order valence-electron chi connectivity index (χ1n) is 5.96. The highest BCUT2D eigenvalue weighted by Gasteiger charge is 2.24. The lowest BCUT2D eigenvalue weighted by molar-refractivity contribution is -0.130. The average molecular weight is 212 g/mol. The number of ether oxygens (including phenoxy) is 1. The van der Waals surface area contributed by atoms with E-state index >= 15 is 0 Å². The lowest BCUT2D eigenvalue weighted by Crippen LogP contribution is -2.41. The molecular formula is C11H20N2O2. The SMILES string of the molecule is O=C(NCC1CCCNC1)[C@H]1CCCO1. The zero-order valence-electron chi connectivity index (χ0n) is 9.13. The third kappa shape index (κ3) is 3.18. The molecule has 2 heterocycles. The number of carbonyl (C=O) groups is 1. The van der Waals surface area contributed by atoms with E-state index in [1.807, 2.05) is 0 Å². The largest absolute Gasteiger partial charge is 0.368 e. The summed E-state index contributed by atoms with van der Waals surface area (Å²) < 4.78 is 5.33. The topological polar surface area (TPSA) is 50.4 Å². The van der Waals surface area contributed by atoms with Crippen molar-refractivity contribution >= 4 is 5.91 Å². The molecule has 0 aromatic rings. The first kappa shape index (κ1) is 10.9. The predicted octanol–water partition coefficient (Wildman–Crippen LogP) is 0.281. The monoisotopic (exact) mass is 212 g/mol. The van der Waals surface area contributed by atoms with Gasteiger partial charge in [0.1, 0.15) is 6.10 Å². The molecule has 2 aliphatic rings. The molecule has 2 atom stereocenters. The molecule has 1 amide bonds. The van der Waals surface area contributed by atoms with Crippen molar-refractivity contribution in [1.82, 2.24) is 10.6 Å². The number of nitrogens with one attached hydrogen (secondary N) is 2. The van der Waals surface area contributed by atoms with E-state index in [1.165, 1.54) is 12.8 Å². The zero-order valence-corrected chi connectivity index (χ0v) is 9.13. The lowest BCUT2D eigenvalue weighted by Gasteiger charge is -2.23. The van der Waals surface area contributed by atoms with Crippen molar-refractivity contribution in [1.29, 1.82) is 0 Å². The fraction of sp³-hybridized carbons (Fsp3) is 0.909. The van der Waals surface area contributed by atoms with E-state index in [9.17, 15) is 4.79 Å². The second-order valence-electron chi connectivity index (χ2n) is 4.46. The number of amides is 1. The molecule has 0 aromatic heterocycles. The van der Waals surface area contributed by atoms with Crippen molar-refractivity contribution in [2.75, 3.05) is 26.2 Å². The van der Waals surface area contributed by atoms with E-state index in [0.717, 1.165) is 39.1 Å². The van der Waals surface area contributed by atoms with Crippen LogP contribution in [0, 0.1) is 5.92 Å². The minimum absolute atomic E-state index is 0.0815. The van der Waals surface area contributed by atoms with Crippen LogP contribution in [0.5, 0.6) is 0 Å². The van der Waals surface area contributed by atoms with Crippen molar-refractivity contribution in [3.8, 4) is 0 Å². The molecule has 0 bridgehead atoms. The van der Waals surface area contributed by atoms with Crippen LogP contribution < -0.4 is 10.6 Å². The Morgan fingerprint density at radius 3 is 3.00 bits per heavy atom. The Morgan fingerprint density at radius 1 is 1.40 bits per heavy atom. The molecule has 4 heteroatoms. The molecule has 0 saturated carbocycles. The summed E-state index contributed by atoms with van der Waals surface area (Å²) in [5.41, 5.74) is 0. The first-order chi connectivity index (χ1) is 7.36. The van der Waals surface area contributed by atoms with E-state index in [0.29, 0.717) is 5.92 Å². The van der Waals surface area contributed by atoms with Gasteiger partial charge in [-0.25, -0.2) is 0 Å². The quantitative estimate of drug-likeness (QED) is 0.706. The molecule has 86 valence electrons. The fourth-order valence-corrected chi connectivity index (χ4v) is 2.24. The minimum Gasteiger partial charge on any atom is -0.368 e. The maximum atomic E-state index is 11.6. The van der Waals surface area contributed by atoms with E-state index in [4.69, 9.17) is 4.74 Å². The molecule has 0 spiro atoms. The highest BCUT2D eigenvalue weighted by molar-refractivity contribution is 5.80. The number of hydrogen-bond donors (Lipinski definition) is 2. The Hall–Kier alpha value is -0.610. The molecule has 0 aromatic carbocycles. The summed E-state index contributed by atoms with van der Waals surface area (Å²) >= 11 is 0. The average Bonchev–Trinajstić information content (AvgIpc) is 2.81. The van der Waals surface area contributed by atoms with Gasteiger partial charge in [-0.3, -0.25) is 4.79 Å². The van der Waals surface area contributed by atoms with Crippen LogP contribution in [0.1, 0.15) is 25.7 Å². The summed E-state index contributed by atoms with van der Waals surface area (Å²) in [5, 5.41) is 6.34. The standard InChI is InChI=1S/C11H20N2O2/c14-11(10-4-2-6-15-10)13-8-9-3-1-5-12-7-9/h9-10,12H,1-8H2,(H,13,14)/t9?,10-/m1/s1. The third-order valence-corrected chi connectivity index (χ3v) is 3.19. The van der Waals surface area contributed by atoms with Crippen LogP contribution in [0.25, 0.3) is 0 Å². The summed E-state index contributed by atoms with van der Waals surface area (Å²) in [6.45, 7) is 3.69. The second-order valence-corrected chi connectivity index (χ2v) is 4.46. The van der Waals surface area contributed by atoms with Gasteiger partial charge in [-0.05, 0) is 44.7 Å². The van der Waals surface area contributed by atoms with Gasteiger partial charge in [-0.1, -0.05) is 0 Å². The Kier molecular flexibility index (Phi) is 3.97. The number of piperidine rings is 1. The number of carbonyl (C=O) groups excluding carboxylic acids is 1. The van der Waals surface area contributed by atoms with Crippen molar-refractivity contribution in [2.24, 2.45) is 5.92 Å². The van der Waals surface area contributed by atoms with Crippen molar-refractivity contribution in [2.45, 2.75) is 31.8 Å². The van der Waals surface area contributed by atoms with E-state index in [-0.39, 0.29) is 12.0 Å². The van der Waals surface area contributed by atoms with Gasteiger partial charge in [0, 0.05) is 13.2 Å². The molecule has 0 aliphatic carbocycles. The van der Waals surface area contributed by atoms with Crippen LogP contribution in [0.4, 0.5) is 0 Å². The van der Waals surface area contributed by atoms with Gasteiger partial charge in [0.2, 0.25) is 5.91 Å². The summed E-state index contributed by atoms with van der Waals surface area (Å²) in [5.74, 6) is 0.683. The molecule has 2 aliphatic heterocycles. The van der Waals surface area contributed by atoms with Crippen LogP contribution in [-0.2, 0) is 9.53 Å². The van der Waals surface area contributed by atoms with Gasteiger partial charge < -0.3 is 15.4 Å². The number of rotatable bonds is 3. The summed E-state index contributed by atoms with van der Waals surface area (Å²) in [7, 11) is 0. The van der Waals surface area contributed by atoms with Gasteiger partial charge in [0.25, 0.3) is 0 Å². The van der Waals surface area contributed by atoms with Crippen molar-refractivity contribution in [3.05, 3.63) is 0 Å². The molecule has 15 heavy (non-hydrogen) atoms.